The summed E-state index contributed by atoms with van der Waals surface area (Å²) in [4.78, 5) is 4.91. The molecule has 1 N–H and O–H groups in total. The SMILES string of the molecule is OCCCN(Cc1cc(Cl)nc(Cl)c1)CC(F)(F)F. The molecular formula is C11H13Cl2F3N2O. The lowest BCUT2D eigenvalue weighted by Crippen LogP contribution is -2.34. The number of hydrogen-bond donors (Lipinski definition) is 1. The van der Waals surface area contributed by atoms with Crippen LogP contribution in [0.2, 0.25) is 10.3 Å². The summed E-state index contributed by atoms with van der Waals surface area (Å²) in [5.74, 6) is 0. The molecule has 108 valence electrons. The molecule has 0 saturated heterocycles. The molecule has 0 saturated carbocycles. The lowest BCUT2D eigenvalue weighted by molar-refractivity contribution is -0.147. The van der Waals surface area contributed by atoms with Crippen molar-refractivity contribution in [2.24, 2.45) is 0 Å². The maximum Gasteiger partial charge on any atom is 0.401 e. The van der Waals surface area contributed by atoms with E-state index in [0.717, 1.165) is 0 Å². The Kier molecular flexibility index (Phi) is 6.32. The lowest BCUT2D eigenvalue weighted by Gasteiger charge is -2.23. The average molecular weight is 317 g/mol. The van der Waals surface area contributed by atoms with Gasteiger partial charge in [-0.3, -0.25) is 4.90 Å². The summed E-state index contributed by atoms with van der Waals surface area (Å²) in [5, 5.41) is 8.98. The summed E-state index contributed by atoms with van der Waals surface area (Å²) < 4.78 is 37.3. The van der Waals surface area contributed by atoms with E-state index in [2.05, 4.69) is 4.98 Å². The van der Waals surface area contributed by atoms with Gasteiger partial charge in [0.1, 0.15) is 10.3 Å². The largest absolute Gasteiger partial charge is 0.401 e. The van der Waals surface area contributed by atoms with Crippen LogP contribution in [0.15, 0.2) is 12.1 Å². The van der Waals surface area contributed by atoms with Crippen LogP contribution in [0.3, 0.4) is 0 Å². The summed E-state index contributed by atoms with van der Waals surface area (Å²) >= 11 is 11.4. The maximum absolute atomic E-state index is 12.4. The first-order chi connectivity index (χ1) is 8.80. The van der Waals surface area contributed by atoms with Crippen molar-refractivity contribution in [2.75, 3.05) is 19.7 Å². The van der Waals surface area contributed by atoms with Crippen LogP contribution in [0, 0.1) is 0 Å². The Hall–Kier alpha value is -0.560. The van der Waals surface area contributed by atoms with Gasteiger partial charge in [-0.2, -0.15) is 13.2 Å². The van der Waals surface area contributed by atoms with E-state index < -0.39 is 12.7 Å². The standard InChI is InChI=1S/C11H13Cl2F3N2O/c12-9-4-8(5-10(13)17-9)6-18(2-1-3-19)7-11(14,15)16/h4-5,19H,1-3,6-7H2. The molecule has 0 spiro atoms. The molecule has 0 radical (unpaired) electrons. The highest BCUT2D eigenvalue weighted by Gasteiger charge is 2.30. The third-order valence-corrected chi connectivity index (χ3v) is 2.65. The Morgan fingerprint density at radius 3 is 2.26 bits per heavy atom. The van der Waals surface area contributed by atoms with Gasteiger partial charge in [0.2, 0.25) is 0 Å². The minimum absolute atomic E-state index is 0.0431. The Morgan fingerprint density at radius 2 is 1.79 bits per heavy atom. The van der Waals surface area contributed by atoms with Crippen molar-refractivity contribution in [1.29, 1.82) is 0 Å². The van der Waals surface area contributed by atoms with E-state index in [1.807, 2.05) is 0 Å². The second-order valence-electron chi connectivity index (χ2n) is 4.02. The fourth-order valence-corrected chi connectivity index (χ4v) is 2.13. The third-order valence-electron chi connectivity index (χ3n) is 2.26. The zero-order chi connectivity index (χ0) is 14.5. The molecule has 0 bridgehead atoms. The number of rotatable bonds is 6. The summed E-state index contributed by atoms with van der Waals surface area (Å²) in [6.07, 6.45) is -4.03. The smallest absolute Gasteiger partial charge is 0.396 e. The van der Waals surface area contributed by atoms with Crippen LogP contribution in [0.25, 0.3) is 0 Å². The molecule has 0 aromatic carbocycles. The second-order valence-corrected chi connectivity index (χ2v) is 4.80. The molecule has 0 unspecified atom stereocenters. The van der Waals surface area contributed by atoms with Crippen LogP contribution in [0.5, 0.6) is 0 Å². The van der Waals surface area contributed by atoms with Gasteiger partial charge in [-0.25, -0.2) is 4.98 Å². The fourth-order valence-electron chi connectivity index (χ4n) is 1.63. The molecule has 0 amide bonds. The summed E-state index contributed by atoms with van der Waals surface area (Å²) in [6.45, 7) is -1.04. The summed E-state index contributed by atoms with van der Waals surface area (Å²) in [7, 11) is 0. The zero-order valence-electron chi connectivity index (χ0n) is 9.92. The topological polar surface area (TPSA) is 36.4 Å². The second kappa shape index (κ2) is 7.28. The lowest BCUT2D eigenvalue weighted by atomic mass is 10.2. The molecule has 0 aliphatic carbocycles. The number of aliphatic hydroxyl groups excluding tert-OH is 1. The average Bonchev–Trinajstić information content (AvgIpc) is 2.22. The molecule has 1 aromatic rings. The first-order valence-corrected chi connectivity index (χ1v) is 6.27. The molecular weight excluding hydrogens is 304 g/mol. The van der Waals surface area contributed by atoms with Crippen molar-refractivity contribution in [3.8, 4) is 0 Å². The van der Waals surface area contributed by atoms with E-state index in [1.165, 1.54) is 17.0 Å². The van der Waals surface area contributed by atoms with E-state index in [-0.39, 0.29) is 36.4 Å². The summed E-state index contributed by atoms with van der Waals surface area (Å²) in [6, 6.07) is 2.94. The van der Waals surface area contributed by atoms with E-state index in [4.69, 9.17) is 28.3 Å². The van der Waals surface area contributed by atoms with Crippen molar-refractivity contribution < 1.29 is 18.3 Å². The van der Waals surface area contributed by atoms with Crippen molar-refractivity contribution >= 4 is 23.2 Å². The Morgan fingerprint density at radius 1 is 1.21 bits per heavy atom. The Labute approximate surface area is 118 Å². The Balaban J connectivity index is 2.75. The minimum Gasteiger partial charge on any atom is -0.396 e. The predicted octanol–water partition coefficient (Wildman–Crippen LogP) is 3.14. The van der Waals surface area contributed by atoms with Crippen molar-refractivity contribution in [3.05, 3.63) is 28.0 Å². The quantitative estimate of drug-likeness (QED) is 0.819. The molecule has 1 rings (SSSR count). The Bertz CT molecular complexity index is 395. The van der Waals surface area contributed by atoms with Gasteiger partial charge in [-0.15, -0.1) is 0 Å². The van der Waals surface area contributed by atoms with E-state index in [9.17, 15) is 13.2 Å². The molecule has 19 heavy (non-hydrogen) atoms. The van der Waals surface area contributed by atoms with Crippen molar-refractivity contribution in [2.45, 2.75) is 19.1 Å². The van der Waals surface area contributed by atoms with Gasteiger partial charge in [0.05, 0.1) is 6.54 Å². The maximum atomic E-state index is 12.4. The molecule has 8 heteroatoms. The number of aromatic nitrogens is 1. The number of halogens is 5. The number of hydrogen-bond acceptors (Lipinski definition) is 3. The van der Waals surface area contributed by atoms with Crippen molar-refractivity contribution in [1.82, 2.24) is 9.88 Å². The molecule has 3 nitrogen and oxygen atoms in total. The van der Waals surface area contributed by atoms with Gasteiger partial charge in [0.15, 0.2) is 0 Å². The number of alkyl halides is 3. The van der Waals surface area contributed by atoms with E-state index >= 15 is 0 Å². The highest BCUT2D eigenvalue weighted by atomic mass is 35.5. The van der Waals surface area contributed by atoms with Crippen LogP contribution in [0.4, 0.5) is 13.2 Å². The molecule has 0 aliphatic rings. The minimum atomic E-state index is -4.30. The van der Waals surface area contributed by atoms with E-state index in [1.54, 1.807) is 0 Å². The van der Waals surface area contributed by atoms with E-state index in [0.29, 0.717) is 5.56 Å². The molecule has 0 atom stereocenters. The van der Waals surface area contributed by atoms with Gasteiger partial charge in [-0.1, -0.05) is 23.2 Å². The molecule has 1 heterocycles. The number of pyridine rings is 1. The van der Waals surface area contributed by atoms with Crippen molar-refractivity contribution in [3.63, 3.8) is 0 Å². The molecule has 0 fully saturated rings. The van der Waals surface area contributed by atoms with Gasteiger partial charge < -0.3 is 5.11 Å². The molecule has 1 aromatic heterocycles. The monoisotopic (exact) mass is 316 g/mol. The third kappa shape index (κ3) is 6.96. The van der Waals surface area contributed by atoms with Crippen LogP contribution in [0.1, 0.15) is 12.0 Å². The van der Waals surface area contributed by atoms with Crippen LogP contribution in [-0.4, -0.2) is 40.9 Å². The van der Waals surface area contributed by atoms with Gasteiger partial charge in [-0.05, 0) is 24.1 Å². The highest BCUT2D eigenvalue weighted by molar-refractivity contribution is 6.32. The van der Waals surface area contributed by atoms with Gasteiger partial charge >= 0.3 is 6.18 Å². The number of aliphatic hydroxyl groups is 1. The normalized spacial score (nSPS) is 12.2. The van der Waals surface area contributed by atoms with Crippen LogP contribution in [-0.2, 0) is 6.54 Å². The van der Waals surface area contributed by atoms with Gasteiger partial charge in [0.25, 0.3) is 0 Å². The van der Waals surface area contributed by atoms with Crippen LogP contribution < -0.4 is 0 Å². The summed E-state index contributed by atoms with van der Waals surface area (Å²) in [5.41, 5.74) is 0.548. The zero-order valence-corrected chi connectivity index (χ0v) is 11.4. The first kappa shape index (κ1) is 16.5. The van der Waals surface area contributed by atoms with Gasteiger partial charge in [0, 0.05) is 19.7 Å². The fraction of sp³-hybridized carbons (Fsp3) is 0.545. The predicted molar refractivity (Wildman–Crippen MR) is 67.3 cm³/mol. The highest BCUT2D eigenvalue weighted by Crippen LogP contribution is 2.20. The van der Waals surface area contributed by atoms with Crippen LogP contribution >= 0.6 is 23.2 Å². The molecule has 0 aliphatic heterocycles. The number of nitrogens with zero attached hydrogens (tertiary/aromatic N) is 2. The first-order valence-electron chi connectivity index (χ1n) is 5.52.